The Morgan fingerprint density at radius 1 is 1.27 bits per heavy atom. The molecule has 3 aromatic heterocycles. The highest BCUT2D eigenvalue weighted by Crippen LogP contribution is 2.21. The largest absolute Gasteiger partial charge is 0.481 e. The van der Waals surface area contributed by atoms with Crippen LogP contribution in [0.3, 0.4) is 0 Å². The number of pyridine rings is 2. The van der Waals surface area contributed by atoms with E-state index in [0.29, 0.717) is 37.0 Å². The molecule has 136 valence electrons. The molecule has 0 bridgehead atoms. The first kappa shape index (κ1) is 16.9. The first-order chi connectivity index (χ1) is 12.7. The topological polar surface area (TPSA) is 76.2 Å². The molecule has 1 aliphatic rings. The van der Waals surface area contributed by atoms with Crippen molar-refractivity contribution in [2.75, 3.05) is 20.2 Å². The fourth-order valence-corrected chi connectivity index (χ4v) is 3.13. The maximum atomic E-state index is 14.3. The molecule has 0 amide bonds. The summed E-state index contributed by atoms with van der Waals surface area (Å²) in [4.78, 5) is 17.9. The predicted octanol–water partition coefficient (Wildman–Crippen LogP) is 2.10. The van der Waals surface area contributed by atoms with Crippen molar-refractivity contribution >= 4 is 11.2 Å². The average Bonchev–Trinajstić information content (AvgIpc) is 3.23. The summed E-state index contributed by atoms with van der Waals surface area (Å²) in [7, 11) is 1.58. The number of aromatic nitrogens is 4. The van der Waals surface area contributed by atoms with Crippen LogP contribution < -0.4 is 4.74 Å². The van der Waals surface area contributed by atoms with Gasteiger partial charge in [0.15, 0.2) is 5.65 Å². The molecule has 8 heteroatoms. The summed E-state index contributed by atoms with van der Waals surface area (Å²) in [6.45, 7) is 1.75. The number of H-pyrrole nitrogens is 1. The number of halogens is 1. The molecule has 0 aromatic carbocycles. The molecule has 0 spiro atoms. The number of hydrogen-bond acceptors (Lipinski definition) is 6. The fourth-order valence-electron chi connectivity index (χ4n) is 3.13. The molecule has 1 fully saturated rings. The van der Waals surface area contributed by atoms with E-state index in [1.165, 1.54) is 0 Å². The SMILES string of the molecule is COc1ccc(CN2CC(F)C(OCc3nc4ncccc4[nH]3)C2)cn1. The van der Waals surface area contributed by atoms with Crippen LogP contribution >= 0.6 is 0 Å². The average molecular weight is 357 g/mol. The predicted molar refractivity (Wildman–Crippen MR) is 93.4 cm³/mol. The van der Waals surface area contributed by atoms with Gasteiger partial charge in [0.1, 0.15) is 24.7 Å². The highest BCUT2D eigenvalue weighted by molar-refractivity contribution is 5.69. The molecule has 1 N–H and O–H groups in total. The number of likely N-dealkylation sites (tertiary alicyclic amines) is 1. The molecule has 4 heterocycles. The van der Waals surface area contributed by atoms with Gasteiger partial charge in [0.25, 0.3) is 0 Å². The molecule has 0 aliphatic carbocycles. The lowest BCUT2D eigenvalue weighted by atomic mass is 10.2. The van der Waals surface area contributed by atoms with Crippen molar-refractivity contribution in [2.45, 2.75) is 25.4 Å². The molecule has 2 atom stereocenters. The van der Waals surface area contributed by atoms with Gasteiger partial charge in [-0.1, -0.05) is 6.07 Å². The number of imidazole rings is 1. The summed E-state index contributed by atoms with van der Waals surface area (Å²) in [6.07, 6.45) is 1.95. The van der Waals surface area contributed by atoms with Crippen molar-refractivity contribution in [3.05, 3.63) is 48.0 Å². The number of rotatable bonds is 6. The lowest BCUT2D eigenvalue weighted by Gasteiger charge is -2.15. The van der Waals surface area contributed by atoms with Crippen molar-refractivity contribution in [2.24, 2.45) is 0 Å². The first-order valence-electron chi connectivity index (χ1n) is 8.48. The van der Waals surface area contributed by atoms with Crippen LogP contribution in [0.4, 0.5) is 4.39 Å². The smallest absolute Gasteiger partial charge is 0.212 e. The minimum Gasteiger partial charge on any atom is -0.481 e. The molecule has 7 nitrogen and oxygen atoms in total. The monoisotopic (exact) mass is 357 g/mol. The van der Waals surface area contributed by atoms with Gasteiger partial charge in [-0.3, -0.25) is 4.90 Å². The second-order valence-corrected chi connectivity index (χ2v) is 6.33. The van der Waals surface area contributed by atoms with E-state index in [2.05, 4.69) is 19.9 Å². The Morgan fingerprint density at radius 2 is 2.19 bits per heavy atom. The lowest BCUT2D eigenvalue weighted by molar-refractivity contribution is 0.00863. The Bertz CT molecular complexity index is 836. The Hall–Kier alpha value is -2.58. The summed E-state index contributed by atoms with van der Waals surface area (Å²) in [6, 6.07) is 7.49. The molecular weight excluding hydrogens is 337 g/mol. The standard InChI is InChI=1S/C18H20FN5O2/c1-25-17-5-4-12(7-21-17)8-24-9-13(19)15(10-24)26-11-16-22-14-3-2-6-20-18(14)23-16/h2-7,13,15H,8-11H2,1H3,(H,20,22,23). The highest BCUT2D eigenvalue weighted by atomic mass is 19.1. The zero-order valence-corrected chi connectivity index (χ0v) is 14.4. The van der Waals surface area contributed by atoms with Crippen LogP contribution in [-0.4, -0.2) is 57.3 Å². The Balaban J connectivity index is 1.33. The van der Waals surface area contributed by atoms with Gasteiger partial charge in [-0.05, 0) is 17.7 Å². The summed E-state index contributed by atoms with van der Waals surface area (Å²) >= 11 is 0. The molecular formula is C18H20FN5O2. The second-order valence-electron chi connectivity index (χ2n) is 6.33. The lowest BCUT2D eigenvalue weighted by Crippen LogP contribution is -2.24. The van der Waals surface area contributed by atoms with Crippen LogP contribution in [0.2, 0.25) is 0 Å². The van der Waals surface area contributed by atoms with Gasteiger partial charge in [0, 0.05) is 38.1 Å². The maximum Gasteiger partial charge on any atom is 0.212 e. The number of nitrogens with zero attached hydrogens (tertiary/aromatic N) is 4. The molecule has 3 aromatic rings. The molecule has 0 saturated carbocycles. The second kappa shape index (κ2) is 7.35. The van der Waals surface area contributed by atoms with Gasteiger partial charge in [-0.2, -0.15) is 0 Å². The zero-order chi connectivity index (χ0) is 17.9. The maximum absolute atomic E-state index is 14.3. The Morgan fingerprint density at radius 3 is 2.96 bits per heavy atom. The molecule has 4 rings (SSSR count). The Kier molecular flexibility index (Phi) is 4.77. The summed E-state index contributed by atoms with van der Waals surface area (Å²) in [5, 5.41) is 0. The number of nitrogens with one attached hydrogen (secondary N) is 1. The van der Waals surface area contributed by atoms with Gasteiger partial charge in [-0.25, -0.2) is 19.3 Å². The summed E-state index contributed by atoms with van der Waals surface area (Å²) in [5.41, 5.74) is 2.51. The molecule has 1 aliphatic heterocycles. The quantitative estimate of drug-likeness (QED) is 0.728. The van der Waals surface area contributed by atoms with Crippen LogP contribution in [0, 0.1) is 0 Å². The minimum absolute atomic E-state index is 0.235. The van der Waals surface area contributed by atoms with Crippen molar-refractivity contribution < 1.29 is 13.9 Å². The number of aromatic amines is 1. The zero-order valence-electron chi connectivity index (χ0n) is 14.4. The van der Waals surface area contributed by atoms with Crippen LogP contribution in [0.25, 0.3) is 11.2 Å². The van der Waals surface area contributed by atoms with Crippen LogP contribution in [0.15, 0.2) is 36.7 Å². The highest BCUT2D eigenvalue weighted by Gasteiger charge is 2.33. The third-order valence-corrected chi connectivity index (χ3v) is 4.43. The van der Waals surface area contributed by atoms with E-state index >= 15 is 0 Å². The van der Waals surface area contributed by atoms with E-state index in [9.17, 15) is 4.39 Å². The van der Waals surface area contributed by atoms with E-state index in [1.54, 1.807) is 19.5 Å². The van der Waals surface area contributed by atoms with E-state index < -0.39 is 12.3 Å². The van der Waals surface area contributed by atoms with E-state index in [-0.39, 0.29) is 6.61 Å². The number of ether oxygens (including phenoxy) is 2. The van der Waals surface area contributed by atoms with Crippen molar-refractivity contribution in [1.82, 2.24) is 24.8 Å². The number of alkyl halides is 1. The van der Waals surface area contributed by atoms with Crippen LogP contribution in [0.1, 0.15) is 11.4 Å². The van der Waals surface area contributed by atoms with Gasteiger partial charge >= 0.3 is 0 Å². The third-order valence-electron chi connectivity index (χ3n) is 4.43. The molecule has 1 saturated heterocycles. The molecule has 0 radical (unpaired) electrons. The van der Waals surface area contributed by atoms with Gasteiger partial charge in [-0.15, -0.1) is 0 Å². The van der Waals surface area contributed by atoms with E-state index in [4.69, 9.17) is 9.47 Å². The van der Waals surface area contributed by atoms with E-state index in [1.807, 2.05) is 29.2 Å². The van der Waals surface area contributed by atoms with Crippen LogP contribution in [0.5, 0.6) is 5.88 Å². The fraction of sp³-hybridized carbons (Fsp3) is 0.389. The minimum atomic E-state index is -1.02. The number of hydrogen-bond donors (Lipinski definition) is 1. The summed E-state index contributed by atoms with van der Waals surface area (Å²) in [5.74, 6) is 1.23. The number of methoxy groups -OCH3 is 1. The van der Waals surface area contributed by atoms with Crippen molar-refractivity contribution in [1.29, 1.82) is 0 Å². The van der Waals surface area contributed by atoms with Gasteiger partial charge < -0.3 is 14.5 Å². The summed E-state index contributed by atoms with van der Waals surface area (Å²) < 4.78 is 25.1. The Labute approximate surface area is 150 Å². The van der Waals surface area contributed by atoms with Gasteiger partial charge in [0.2, 0.25) is 5.88 Å². The first-order valence-corrected chi connectivity index (χ1v) is 8.48. The molecule has 26 heavy (non-hydrogen) atoms. The van der Waals surface area contributed by atoms with Gasteiger partial charge in [0.05, 0.1) is 12.6 Å². The number of fused-ring (bicyclic) bond motifs is 1. The van der Waals surface area contributed by atoms with Crippen LogP contribution in [-0.2, 0) is 17.9 Å². The third kappa shape index (κ3) is 3.66. The van der Waals surface area contributed by atoms with E-state index in [0.717, 1.165) is 11.1 Å². The van der Waals surface area contributed by atoms with Crippen molar-refractivity contribution in [3.63, 3.8) is 0 Å². The normalized spacial score (nSPS) is 20.7. The molecule has 2 unspecified atom stereocenters. The van der Waals surface area contributed by atoms with Crippen molar-refractivity contribution in [3.8, 4) is 5.88 Å².